The number of nitrogens with zero attached hydrogens (tertiary/aromatic N) is 1. The molecular weight excluding hydrogens is 178 g/mol. The van der Waals surface area contributed by atoms with Crippen molar-refractivity contribution in [2.45, 2.75) is 32.6 Å². The maximum Gasteiger partial charge on any atom is 0.000926 e. The van der Waals surface area contributed by atoms with Gasteiger partial charge in [0.1, 0.15) is 0 Å². The summed E-state index contributed by atoms with van der Waals surface area (Å²) in [5.41, 5.74) is 0. The number of rotatable bonds is 7. The lowest BCUT2D eigenvalue weighted by Gasteiger charge is -2.15. The Bertz CT molecular complexity index is 138. The van der Waals surface area contributed by atoms with E-state index in [1.165, 1.54) is 38.8 Å². The Hall–Kier alpha value is 0.310. The van der Waals surface area contributed by atoms with Crippen LogP contribution in [0.4, 0.5) is 0 Å². The Morgan fingerprint density at radius 1 is 1.31 bits per heavy atom. The molecule has 0 aliphatic heterocycles. The van der Waals surface area contributed by atoms with Crippen molar-refractivity contribution in [1.82, 2.24) is 4.90 Å². The van der Waals surface area contributed by atoms with Gasteiger partial charge in [-0.1, -0.05) is 13.3 Å². The Labute approximate surface area is 88.3 Å². The highest BCUT2D eigenvalue weighted by atomic mass is 32.1. The molecule has 1 nitrogen and oxygen atoms in total. The molecule has 0 N–H and O–H groups in total. The smallest absolute Gasteiger partial charge is 0.000926 e. The molecule has 1 saturated carbocycles. The molecule has 0 heterocycles. The summed E-state index contributed by atoms with van der Waals surface area (Å²) in [5, 5.41) is 0. The molecule has 0 aromatic heterocycles. The quantitative estimate of drug-likeness (QED) is 0.489. The van der Waals surface area contributed by atoms with Crippen molar-refractivity contribution in [1.29, 1.82) is 0 Å². The largest absolute Gasteiger partial charge is 0.306 e. The lowest BCUT2D eigenvalue weighted by atomic mass is 10.2. The summed E-state index contributed by atoms with van der Waals surface area (Å²) < 4.78 is 0. The molecule has 0 radical (unpaired) electrons. The highest BCUT2D eigenvalue weighted by Gasteiger charge is 2.32. The molecule has 2 heteroatoms. The molecule has 2 unspecified atom stereocenters. The number of hydrogen-bond acceptors (Lipinski definition) is 2. The van der Waals surface area contributed by atoms with E-state index >= 15 is 0 Å². The zero-order chi connectivity index (χ0) is 9.68. The fourth-order valence-electron chi connectivity index (χ4n) is 1.82. The monoisotopic (exact) mass is 201 g/mol. The standard InChI is InChI=1S/C11H23NS/c1-10-8-11(10)9-12(2)6-4-3-5-7-13/h10-11,13H,3-9H2,1-2H3. The van der Waals surface area contributed by atoms with Crippen LogP contribution in [0.15, 0.2) is 0 Å². The van der Waals surface area contributed by atoms with Gasteiger partial charge >= 0.3 is 0 Å². The van der Waals surface area contributed by atoms with Gasteiger partial charge in [-0.15, -0.1) is 0 Å². The number of hydrogen-bond donors (Lipinski definition) is 1. The van der Waals surface area contributed by atoms with Crippen LogP contribution in [0.5, 0.6) is 0 Å². The van der Waals surface area contributed by atoms with E-state index in [1.54, 1.807) is 0 Å². The zero-order valence-corrected chi connectivity index (χ0v) is 9.89. The van der Waals surface area contributed by atoms with Gasteiger partial charge in [-0.2, -0.15) is 12.6 Å². The van der Waals surface area contributed by atoms with E-state index in [4.69, 9.17) is 0 Å². The topological polar surface area (TPSA) is 3.24 Å². The first-order valence-corrected chi connectivity index (χ1v) is 6.16. The average Bonchev–Trinajstić information content (AvgIpc) is 2.76. The predicted octanol–water partition coefficient (Wildman–Crippen LogP) is 2.67. The fraction of sp³-hybridized carbons (Fsp3) is 1.00. The average molecular weight is 201 g/mol. The highest BCUT2D eigenvalue weighted by molar-refractivity contribution is 7.80. The molecule has 13 heavy (non-hydrogen) atoms. The molecule has 1 aliphatic rings. The Balaban J connectivity index is 1.89. The van der Waals surface area contributed by atoms with Crippen LogP contribution in [-0.2, 0) is 0 Å². The van der Waals surface area contributed by atoms with E-state index in [9.17, 15) is 0 Å². The highest BCUT2D eigenvalue weighted by Crippen LogP contribution is 2.37. The minimum Gasteiger partial charge on any atom is -0.306 e. The molecule has 0 spiro atoms. The fourth-order valence-corrected chi connectivity index (χ4v) is 2.04. The van der Waals surface area contributed by atoms with Crippen LogP contribution >= 0.6 is 12.6 Å². The summed E-state index contributed by atoms with van der Waals surface area (Å²) in [7, 11) is 2.26. The molecule has 78 valence electrons. The summed E-state index contributed by atoms with van der Waals surface area (Å²) in [6, 6.07) is 0. The molecule has 1 rings (SSSR count). The molecule has 0 saturated heterocycles. The van der Waals surface area contributed by atoms with E-state index in [0.717, 1.165) is 17.6 Å². The van der Waals surface area contributed by atoms with Gasteiger partial charge in [0.2, 0.25) is 0 Å². The third-order valence-corrected chi connectivity index (χ3v) is 3.34. The minimum atomic E-state index is 1.000. The van der Waals surface area contributed by atoms with Gasteiger partial charge in [0.15, 0.2) is 0 Å². The lowest BCUT2D eigenvalue weighted by Crippen LogP contribution is -2.22. The first kappa shape index (κ1) is 11.4. The Kier molecular flexibility index (Phi) is 5.18. The third-order valence-electron chi connectivity index (χ3n) is 3.02. The van der Waals surface area contributed by atoms with Crippen LogP contribution in [-0.4, -0.2) is 30.8 Å². The molecule has 0 bridgehead atoms. The first-order valence-electron chi connectivity index (χ1n) is 5.53. The van der Waals surface area contributed by atoms with Crippen molar-refractivity contribution in [3.05, 3.63) is 0 Å². The summed E-state index contributed by atoms with van der Waals surface area (Å²) in [6.07, 6.45) is 5.42. The summed E-state index contributed by atoms with van der Waals surface area (Å²) >= 11 is 4.21. The molecule has 0 aromatic carbocycles. The number of thiol groups is 1. The van der Waals surface area contributed by atoms with Gasteiger partial charge < -0.3 is 4.90 Å². The van der Waals surface area contributed by atoms with Gasteiger partial charge in [0.05, 0.1) is 0 Å². The van der Waals surface area contributed by atoms with E-state index in [2.05, 4.69) is 31.5 Å². The van der Waals surface area contributed by atoms with E-state index < -0.39 is 0 Å². The van der Waals surface area contributed by atoms with Crippen molar-refractivity contribution in [3.8, 4) is 0 Å². The Morgan fingerprint density at radius 2 is 2.00 bits per heavy atom. The molecule has 1 aliphatic carbocycles. The van der Waals surface area contributed by atoms with Crippen molar-refractivity contribution in [2.75, 3.05) is 25.9 Å². The van der Waals surface area contributed by atoms with Crippen molar-refractivity contribution in [2.24, 2.45) is 11.8 Å². The maximum absolute atomic E-state index is 4.21. The van der Waals surface area contributed by atoms with Crippen LogP contribution in [0.3, 0.4) is 0 Å². The molecule has 0 aromatic rings. The van der Waals surface area contributed by atoms with Gasteiger partial charge in [0, 0.05) is 6.54 Å². The zero-order valence-electron chi connectivity index (χ0n) is 9.00. The van der Waals surface area contributed by atoms with E-state index in [0.29, 0.717) is 0 Å². The Morgan fingerprint density at radius 3 is 2.54 bits per heavy atom. The summed E-state index contributed by atoms with van der Waals surface area (Å²) in [6.45, 7) is 4.96. The van der Waals surface area contributed by atoms with Crippen LogP contribution in [0.1, 0.15) is 32.6 Å². The predicted molar refractivity (Wildman–Crippen MR) is 62.5 cm³/mol. The van der Waals surface area contributed by atoms with E-state index in [1.807, 2.05) is 0 Å². The summed E-state index contributed by atoms with van der Waals surface area (Å²) in [4.78, 5) is 2.49. The molecule has 2 atom stereocenters. The van der Waals surface area contributed by atoms with Crippen molar-refractivity contribution >= 4 is 12.6 Å². The van der Waals surface area contributed by atoms with Crippen LogP contribution in [0.2, 0.25) is 0 Å². The first-order chi connectivity index (χ1) is 6.24. The second-order valence-corrected chi connectivity index (χ2v) is 4.97. The molecule has 1 fully saturated rings. The van der Waals surface area contributed by atoms with Crippen LogP contribution < -0.4 is 0 Å². The number of unbranched alkanes of at least 4 members (excludes halogenated alkanes) is 2. The summed E-state index contributed by atoms with van der Waals surface area (Å²) in [5.74, 6) is 3.05. The second-order valence-electron chi connectivity index (χ2n) is 4.52. The van der Waals surface area contributed by atoms with Gasteiger partial charge in [-0.3, -0.25) is 0 Å². The van der Waals surface area contributed by atoms with E-state index in [-0.39, 0.29) is 0 Å². The van der Waals surface area contributed by atoms with Crippen LogP contribution in [0.25, 0.3) is 0 Å². The molecular formula is C11H23NS. The van der Waals surface area contributed by atoms with Crippen molar-refractivity contribution in [3.63, 3.8) is 0 Å². The van der Waals surface area contributed by atoms with Gasteiger partial charge in [-0.25, -0.2) is 0 Å². The normalized spacial score (nSPS) is 26.8. The minimum absolute atomic E-state index is 1.000. The van der Waals surface area contributed by atoms with Crippen molar-refractivity contribution < 1.29 is 0 Å². The van der Waals surface area contributed by atoms with Gasteiger partial charge in [-0.05, 0) is 50.4 Å². The SMILES string of the molecule is CC1CC1CN(C)CCCCCS. The van der Waals surface area contributed by atoms with Gasteiger partial charge in [0.25, 0.3) is 0 Å². The second kappa shape index (κ2) is 5.92. The third kappa shape index (κ3) is 4.92. The van der Waals surface area contributed by atoms with Crippen LogP contribution in [0, 0.1) is 11.8 Å². The molecule has 0 amide bonds. The maximum atomic E-state index is 4.21. The lowest BCUT2D eigenvalue weighted by molar-refractivity contribution is 0.307.